The van der Waals surface area contributed by atoms with E-state index in [9.17, 15) is 0 Å². The second-order valence-electron chi connectivity index (χ2n) is 5.36. The summed E-state index contributed by atoms with van der Waals surface area (Å²) in [6.45, 7) is 8.90. The zero-order chi connectivity index (χ0) is 12.9. The summed E-state index contributed by atoms with van der Waals surface area (Å²) in [7, 11) is 0. The molecule has 0 aromatic carbocycles. The lowest BCUT2D eigenvalue weighted by Gasteiger charge is -2.29. The van der Waals surface area contributed by atoms with Crippen LogP contribution in [0.5, 0.6) is 0 Å². The highest BCUT2D eigenvalue weighted by Gasteiger charge is 2.16. The SMILES string of the molecule is CC(C)(C)CN(CCC#N)Cn1cc(Cl)cn1. The molecule has 0 aliphatic carbocycles. The molecule has 0 N–H and O–H groups in total. The molecular formula is C12H19ClN4. The molecule has 0 saturated carbocycles. The number of nitriles is 1. The van der Waals surface area contributed by atoms with Crippen LogP contribution in [-0.4, -0.2) is 27.8 Å². The molecule has 0 spiro atoms. The zero-order valence-electron chi connectivity index (χ0n) is 10.6. The van der Waals surface area contributed by atoms with Gasteiger partial charge in [0, 0.05) is 25.7 Å². The number of aromatic nitrogens is 2. The lowest BCUT2D eigenvalue weighted by molar-refractivity contribution is 0.149. The summed E-state index contributed by atoms with van der Waals surface area (Å²) in [6, 6.07) is 2.18. The minimum atomic E-state index is 0.201. The summed E-state index contributed by atoms with van der Waals surface area (Å²) in [6.07, 6.45) is 3.95. The molecule has 5 heteroatoms. The molecule has 1 rings (SSSR count). The van der Waals surface area contributed by atoms with Crippen LogP contribution in [0.1, 0.15) is 27.2 Å². The average Bonchev–Trinajstić information content (AvgIpc) is 2.58. The Balaban J connectivity index is 2.60. The Labute approximate surface area is 108 Å². The van der Waals surface area contributed by atoms with Crippen molar-refractivity contribution in [3.05, 3.63) is 17.4 Å². The Morgan fingerprint density at radius 3 is 2.71 bits per heavy atom. The van der Waals surface area contributed by atoms with E-state index in [1.165, 1.54) is 0 Å². The summed E-state index contributed by atoms with van der Waals surface area (Å²) >= 11 is 5.83. The molecule has 0 bridgehead atoms. The summed E-state index contributed by atoms with van der Waals surface area (Å²) in [5.74, 6) is 0. The molecule has 1 aromatic heterocycles. The number of hydrogen-bond acceptors (Lipinski definition) is 3. The second kappa shape index (κ2) is 6.04. The molecule has 0 unspecified atom stereocenters. The van der Waals surface area contributed by atoms with Crippen molar-refractivity contribution < 1.29 is 0 Å². The molecule has 0 radical (unpaired) electrons. The van der Waals surface area contributed by atoms with Crippen LogP contribution in [-0.2, 0) is 6.67 Å². The van der Waals surface area contributed by atoms with Crippen molar-refractivity contribution in [3.63, 3.8) is 0 Å². The van der Waals surface area contributed by atoms with E-state index in [0.717, 1.165) is 13.1 Å². The maximum atomic E-state index is 8.66. The Morgan fingerprint density at radius 1 is 1.53 bits per heavy atom. The fraction of sp³-hybridized carbons (Fsp3) is 0.667. The minimum absolute atomic E-state index is 0.201. The van der Waals surface area contributed by atoms with Gasteiger partial charge in [-0.15, -0.1) is 0 Å². The van der Waals surface area contributed by atoms with Crippen LogP contribution in [0.4, 0.5) is 0 Å². The van der Waals surface area contributed by atoms with Gasteiger partial charge in [-0.1, -0.05) is 32.4 Å². The van der Waals surface area contributed by atoms with Gasteiger partial charge in [-0.05, 0) is 5.41 Å². The largest absolute Gasteiger partial charge is 0.283 e. The van der Waals surface area contributed by atoms with E-state index in [2.05, 4.69) is 36.8 Å². The Bertz CT molecular complexity index is 386. The Hall–Kier alpha value is -1.05. The topological polar surface area (TPSA) is 44.9 Å². The van der Waals surface area contributed by atoms with Gasteiger partial charge >= 0.3 is 0 Å². The van der Waals surface area contributed by atoms with E-state index in [1.54, 1.807) is 17.1 Å². The fourth-order valence-corrected chi connectivity index (χ4v) is 1.86. The van der Waals surface area contributed by atoms with Crippen LogP contribution in [0.25, 0.3) is 0 Å². The van der Waals surface area contributed by atoms with Gasteiger partial charge in [0.15, 0.2) is 0 Å². The van der Waals surface area contributed by atoms with Crippen LogP contribution < -0.4 is 0 Å². The van der Waals surface area contributed by atoms with Gasteiger partial charge in [0.05, 0.1) is 24.0 Å². The monoisotopic (exact) mass is 254 g/mol. The summed E-state index contributed by atoms with van der Waals surface area (Å²) in [5, 5.41) is 13.5. The molecule has 0 fully saturated rings. The molecule has 17 heavy (non-hydrogen) atoms. The molecule has 0 atom stereocenters. The highest BCUT2D eigenvalue weighted by Crippen LogP contribution is 2.16. The van der Waals surface area contributed by atoms with E-state index in [0.29, 0.717) is 18.1 Å². The van der Waals surface area contributed by atoms with Gasteiger partial charge < -0.3 is 0 Å². The van der Waals surface area contributed by atoms with Crippen molar-refractivity contribution in [3.8, 4) is 6.07 Å². The van der Waals surface area contributed by atoms with Crippen molar-refractivity contribution in [2.24, 2.45) is 5.41 Å². The first-order chi connectivity index (χ1) is 7.90. The molecule has 1 heterocycles. The van der Waals surface area contributed by atoms with Crippen LogP contribution in [0.15, 0.2) is 12.4 Å². The quantitative estimate of drug-likeness (QED) is 0.812. The molecule has 1 aromatic rings. The number of rotatable bonds is 5. The molecule has 0 aliphatic rings. The van der Waals surface area contributed by atoms with E-state index in [4.69, 9.17) is 16.9 Å². The van der Waals surface area contributed by atoms with Gasteiger partial charge in [0.2, 0.25) is 0 Å². The Morgan fingerprint density at radius 2 is 2.24 bits per heavy atom. The first kappa shape index (κ1) is 14.0. The van der Waals surface area contributed by atoms with Crippen LogP contribution in [0, 0.1) is 16.7 Å². The lowest BCUT2D eigenvalue weighted by atomic mass is 9.96. The van der Waals surface area contributed by atoms with Crippen LogP contribution in [0.3, 0.4) is 0 Å². The third-order valence-corrected chi connectivity index (χ3v) is 2.38. The first-order valence-electron chi connectivity index (χ1n) is 5.68. The first-order valence-corrected chi connectivity index (χ1v) is 6.06. The van der Waals surface area contributed by atoms with E-state index in [-0.39, 0.29) is 5.41 Å². The Kier molecular flexibility index (Phi) is 4.98. The predicted octanol–water partition coefficient (Wildman–Crippen LogP) is 2.76. The molecule has 94 valence electrons. The van der Waals surface area contributed by atoms with Gasteiger partial charge in [0.25, 0.3) is 0 Å². The van der Waals surface area contributed by atoms with Gasteiger partial charge in [0.1, 0.15) is 0 Å². The third-order valence-electron chi connectivity index (χ3n) is 2.18. The third kappa shape index (κ3) is 5.71. The summed E-state index contributed by atoms with van der Waals surface area (Å²) in [5.41, 5.74) is 0.201. The van der Waals surface area contributed by atoms with Crippen molar-refractivity contribution in [2.75, 3.05) is 13.1 Å². The molecule has 4 nitrogen and oxygen atoms in total. The van der Waals surface area contributed by atoms with Crippen molar-refractivity contribution >= 4 is 11.6 Å². The molecular weight excluding hydrogens is 236 g/mol. The highest BCUT2D eigenvalue weighted by molar-refractivity contribution is 6.30. The smallest absolute Gasteiger partial charge is 0.0929 e. The van der Waals surface area contributed by atoms with Gasteiger partial charge in [-0.3, -0.25) is 9.58 Å². The lowest BCUT2D eigenvalue weighted by Crippen LogP contribution is -2.35. The maximum absolute atomic E-state index is 8.66. The predicted molar refractivity (Wildman–Crippen MR) is 68.5 cm³/mol. The average molecular weight is 255 g/mol. The number of nitrogens with zero attached hydrogens (tertiary/aromatic N) is 4. The van der Waals surface area contributed by atoms with Crippen molar-refractivity contribution in [1.82, 2.24) is 14.7 Å². The highest BCUT2D eigenvalue weighted by atomic mass is 35.5. The molecule has 0 saturated heterocycles. The maximum Gasteiger partial charge on any atom is 0.0929 e. The minimum Gasteiger partial charge on any atom is -0.283 e. The van der Waals surface area contributed by atoms with Crippen molar-refractivity contribution in [1.29, 1.82) is 5.26 Å². The number of halogens is 1. The second-order valence-corrected chi connectivity index (χ2v) is 5.80. The summed E-state index contributed by atoms with van der Waals surface area (Å²) in [4.78, 5) is 2.21. The normalized spacial score (nSPS) is 11.8. The van der Waals surface area contributed by atoms with Crippen molar-refractivity contribution in [2.45, 2.75) is 33.9 Å². The van der Waals surface area contributed by atoms with Crippen LogP contribution in [0.2, 0.25) is 5.02 Å². The van der Waals surface area contributed by atoms with Gasteiger partial charge in [-0.25, -0.2) is 0 Å². The number of hydrogen-bond donors (Lipinski definition) is 0. The fourth-order valence-electron chi connectivity index (χ4n) is 1.70. The zero-order valence-corrected chi connectivity index (χ0v) is 11.4. The van der Waals surface area contributed by atoms with E-state index < -0.39 is 0 Å². The molecule has 0 amide bonds. The van der Waals surface area contributed by atoms with Crippen LogP contribution >= 0.6 is 11.6 Å². The standard InChI is InChI=1S/C12H19ClN4/c1-12(2,3)9-16(6-4-5-14)10-17-8-11(13)7-15-17/h7-8H,4,6,9-10H2,1-3H3. The van der Waals surface area contributed by atoms with Gasteiger partial charge in [-0.2, -0.15) is 10.4 Å². The van der Waals surface area contributed by atoms with E-state index in [1.807, 2.05) is 0 Å². The van der Waals surface area contributed by atoms with E-state index >= 15 is 0 Å². The summed E-state index contributed by atoms with van der Waals surface area (Å²) < 4.78 is 1.80. The molecule has 0 aliphatic heterocycles.